The summed E-state index contributed by atoms with van der Waals surface area (Å²) in [6.45, 7) is 6.04. The van der Waals surface area contributed by atoms with E-state index in [0.29, 0.717) is 29.1 Å². The molecule has 0 spiro atoms. The largest absolute Gasteiger partial charge is 0.497 e. The first-order valence-electron chi connectivity index (χ1n) is 11.6. The third-order valence-corrected chi connectivity index (χ3v) is 5.78. The maximum atomic E-state index is 12.9. The molecule has 2 heterocycles. The number of aromatic nitrogens is 1. The van der Waals surface area contributed by atoms with Crippen molar-refractivity contribution in [1.29, 1.82) is 0 Å². The summed E-state index contributed by atoms with van der Waals surface area (Å²) in [6.07, 6.45) is 2.09. The SMILES string of the molecule is COc1ccc(C(=O)Nc2ccccc2C(=O)NCc2ccc(N3CC(C)OC(C)C3)nc2)cc1. The Hall–Kier alpha value is -3.91. The molecule has 1 fully saturated rings. The first kappa shape index (κ1) is 24.2. The molecule has 3 aromatic rings. The molecule has 2 N–H and O–H groups in total. The van der Waals surface area contributed by atoms with Crippen LogP contribution in [0.1, 0.15) is 40.1 Å². The Morgan fingerprint density at radius 1 is 1.00 bits per heavy atom. The summed E-state index contributed by atoms with van der Waals surface area (Å²) in [7, 11) is 1.57. The number of pyridine rings is 1. The molecule has 1 aliphatic rings. The smallest absolute Gasteiger partial charge is 0.255 e. The third-order valence-electron chi connectivity index (χ3n) is 5.78. The van der Waals surface area contributed by atoms with E-state index in [1.54, 1.807) is 61.8 Å². The van der Waals surface area contributed by atoms with E-state index in [1.807, 2.05) is 12.1 Å². The molecule has 2 amide bonds. The highest BCUT2D eigenvalue weighted by molar-refractivity contribution is 6.09. The van der Waals surface area contributed by atoms with Gasteiger partial charge in [-0.15, -0.1) is 0 Å². The van der Waals surface area contributed by atoms with Gasteiger partial charge in [0.05, 0.1) is 30.6 Å². The zero-order valence-corrected chi connectivity index (χ0v) is 20.2. The number of para-hydroxylation sites is 1. The van der Waals surface area contributed by atoms with Crippen LogP contribution in [0.4, 0.5) is 11.5 Å². The number of morpholine rings is 1. The molecule has 2 atom stereocenters. The van der Waals surface area contributed by atoms with Crippen LogP contribution < -0.4 is 20.3 Å². The van der Waals surface area contributed by atoms with Gasteiger partial charge >= 0.3 is 0 Å². The summed E-state index contributed by atoms with van der Waals surface area (Å²) in [5, 5.41) is 5.74. The van der Waals surface area contributed by atoms with Crippen LogP contribution in [0.25, 0.3) is 0 Å². The average Bonchev–Trinajstić information content (AvgIpc) is 2.87. The van der Waals surface area contributed by atoms with Gasteiger partial charge in [-0.05, 0) is 61.9 Å². The molecule has 4 rings (SSSR count). The lowest BCUT2D eigenvalue weighted by molar-refractivity contribution is -0.00546. The van der Waals surface area contributed by atoms with Gasteiger partial charge in [-0.25, -0.2) is 4.98 Å². The van der Waals surface area contributed by atoms with Crippen LogP contribution in [-0.4, -0.2) is 49.2 Å². The number of benzene rings is 2. The molecule has 0 bridgehead atoms. The molecule has 8 heteroatoms. The van der Waals surface area contributed by atoms with Crippen molar-refractivity contribution in [3.63, 3.8) is 0 Å². The van der Waals surface area contributed by atoms with E-state index in [0.717, 1.165) is 24.5 Å². The van der Waals surface area contributed by atoms with Crippen molar-refractivity contribution >= 4 is 23.3 Å². The molecule has 1 aromatic heterocycles. The third kappa shape index (κ3) is 6.16. The molecule has 1 aliphatic heterocycles. The van der Waals surface area contributed by atoms with E-state index in [4.69, 9.17) is 9.47 Å². The number of carbonyl (C=O) groups is 2. The van der Waals surface area contributed by atoms with Crippen LogP contribution in [0.3, 0.4) is 0 Å². The summed E-state index contributed by atoms with van der Waals surface area (Å²) in [6, 6.07) is 17.6. The normalized spacial score (nSPS) is 17.5. The van der Waals surface area contributed by atoms with Crippen molar-refractivity contribution in [2.24, 2.45) is 0 Å². The van der Waals surface area contributed by atoms with Crippen LogP contribution in [0.5, 0.6) is 5.75 Å². The predicted octanol–water partition coefficient (Wildman–Crippen LogP) is 3.89. The van der Waals surface area contributed by atoms with Gasteiger partial charge in [-0.3, -0.25) is 9.59 Å². The number of amides is 2. The lowest BCUT2D eigenvalue weighted by Gasteiger charge is -2.36. The number of hydrogen-bond donors (Lipinski definition) is 2. The van der Waals surface area contributed by atoms with Gasteiger partial charge in [0, 0.05) is 31.4 Å². The van der Waals surface area contributed by atoms with E-state index >= 15 is 0 Å². The maximum Gasteiger partial charge on any atom is 0.255 e. The highest BCUT2D eigenvalue weighted by Crippen LogP contribution is 2.20. The molecule has 8 nitrogen and oxygen atoms in total. The van der Waals surface area contributed by atoms with Crippen molar-refractivity contribution in [2.45, 2.75) is 32.6 Å². The molecule has 2 aromatic carbocycles. The van der Waals surface area contributed by atoms with Gasteiger partial charge in [0.25, 0.3) is 11.8 Å². The van der Waals surface area contributed by atoms with Crippen molar-refractivity contribution in [2.75, 3.05) is 30.4 Å². The molecule has 1 saturated heterocycles. The van der Waals surface area contributed by atoms with E-state index in [1.165, 1.54) is 0 Å². The van der Waals surface area contributed by atoms with Crippen molar-refractivity contribution in [3.8, 4) is 5.75 Å². The van der Waals surface area contributed by atoms with E-state index in [2.05, 4.69) is 34.4 Å². The van der Waals surface area contributed by atoms with Gasteiger partial charge < -0.3 is 25.0 Å². The number of carbonyl (C=O) groups excluding carboxylic acids is 2. The summed E-state index contributed by atoms with van der Waals surface area (Å²) in [5.74, 6) is 0.974. The summed E-state index contributed by atoms with van der Waals surface area (Å²) < 4.78 is 10.9. The van der Waals surface area contributed by atoms with Crippen LogP contribution in [-0.2, 0) is 11.3 Å². The van der Waals surface area contributed by atoms with Gasteiger partial charge in [-0.2, -0.15) is 0 Å². The second kappa shape index (κ2) is 11.0. The molecule has 0 aliphatic carbocycles. The van der Waals surface area contributed by atoms with Gasteiger partial charge in [0.15, 0.2) is 0 Å². The summed E-state index contributed by atoms with van der Waals surface area (Å²) in [4.78, 5) is 32.4. The fourth-order valence-corrected chi connectivity index (χ4v) is 4.08. The Balaban J connectivity index is 1.37. The Bertz CT molecular complexity index is 1150. The number of rotatable bonds is 7. The number of hydrogen-bond acceptors (Lipinski definition) is 6. The Labute approximate surface area is 205 Å². The lowest BCUT2D eigenvalue weighted by Crippen LogP contribution is -2.45. The van der Waals surface area contributed by atoms with Crippen molar-refractivity contribution in [3.05, 3.63) is 83.6 Å². The van der Waals surface area contributed by atoms with E-state index in [-0.39, 0.29) is 24.0 Å². The zero-order valence-electron chi connectivity index (χ0n) is 20.2. The van der Waals surface area contributed by atoms with Crippen LogP contribution >= 0.6 is 0 Å². The molecular formula is C27H30N4O4. The van der Waals surface area contributed by atoms with Gasteiger partial charge in [-0.1, -0.05) is 18.2 Å². The number of nitrogens with one attached hydrogen (secondary N) is 2. The Morgan fingerprint density at radius 3 is 2.37 bits per heavy atom. The first-order valence-corrected chi connectivity index (χ1v) is 11.6. The Morgan fingerprint density at radius 2 is 1.71 bits per heavy atom. The standard InChI is InChI=1S/C27H30N4O4/c1-18-16-31(17-19(2)35-18)25-13-8-20(14-28-25)15-29-27(33)23-6-4-5-7-24(23)30-26(32)21-9-11-22(34-3)12-10-21/h4-14,18-19H,15-17H2,1-3H3,(H,29,33)(H,30,32). The minimum Gasteiger partial charge on any atom is -0.497 e. The highest BCUT2D eigenvalue weighted by Gasteiger charge is 2.23. The topological polar surface area (TPSA) is 92.8 Å². The van der Waals surface area contributed by atoms with Crippen molar-refractivity contribution in [1.82, 2.24) is 10.3 Å². The number of methoxy groups -OCH3 is 1. The summed E-state index contributed by atoms with van der Waals surface area (Å²) >= 11 is 0. The predicted molar refractivity (Wildman–Crippen MR) is 135 cm³/mol. The van der Waals surface area contributed by atoms with Crippen molar-refractivity contribution < 1.29 is 19.1 Å². The second-order valence-corrected chi connectivity index (χ2v) is 8.60. The monoisotopic (exact) mass is 474 g/mol. The van der Waals surface area contributed by atoms with E-state index in [9.17, 15) is 9.59 Å². The number of nitrogens with zero attached hydrogens (tertiary/aromatic N) is 2. The molecule has 0 radical (unpaired) electrons. The molecule has 0 saturated carbocycles. The molecule has 35 heavy (non-hydrogen) atoms. The van der Waals surface area contributed by atoms with Crippen LogP contribution in [0.2, 0.25) is 0 Å². The minimum atomic E-state index is -0.306. The molecular weight excluding hydrogens is 444 g/mol. The average molecular weight is 475 g/mol. The van der Waals surface area contributed by atoms with Crippen LogP contribution in [0, 0.1) is 0 Å². The molecule has 2 unspecified atom stereocenters. The minimum absolute atomic E-state index is 0.157. The second-order valence-electron chi connectivity index (χ2n) is 8.60. The van der Waals surface area contributed by atoms with Gasteiger partial charge in [0.2, 0.25) is 0 Å². The fraction of sp³-hybridized carbons (Fsp3) is 0.296. The van der Waals surface area contributed by atoms with E-state index < -0.39 is 0 Å². The highest BCUT2D eigenvalue weighted by atomic mass is 16.5. The molecule has 182 valence electrons. The number of ether oxygens (including phenoxy) is 2. The summed E-state index contributed by atoms with van der Waals surface area (Å²) in [5.41, 5.74) is 2.18. The van der Waals surface area contributed by atoms with Crippen LogP contribution in [0.15, 0.2) is 66.9 Å². The lowest BCUT2D eigenvalue weighted by atomic mass is 10.1. The Kier molecular flexibility index (Phi) is 7.62. The van der Waals surface area contributed by atoms with Gasteiger partial charge in [0.1, 0.15) is 11.6 Å². The first-order chi connectivity index (χ1) is 16.9. The fourth-order valence-electron chi connectivity index (χ4n) is 4.08. The number of anilines is 2. The zero-order chi connectivity index (χ0) is 24.8. The maximum absolute atomic E-state index is 12.9. The quantitative estimate of drug-likeness (QED) is 0.540.